The van der Waals surface area contributed by atoms with Gasteiger partial charge in [-0.25, -0.2) is 9.97 Å². The van der Waals surface area contributed by atoms with Crippen molar-refractivity contribution in [3.8, 4) is 78.4 Å². The highest BCUT2D eigenvalue weighted by molar-refractivity contribution is 6.05. The summed E-state index contributed by atoms with van der Waals surface area (Å²) in [4.78, 5) is 10.9. The van der Waals surface area contributed by atoms with Gasteiger partial charge in [0.25, 0.3) is 0 Å². The van der Waals surface area contributed by atoms with Crippen LogP contribution in [-0.2, 0) is 17.3 Å². The highest BCUT2D eigenvalue weighted by Crippen LogP contribution is 2.70. The summed E-state index contributed by atoms with van der Waals surface area (Å²) in [5.74, 6) is 0.708. The molecule has 0 aliphatic heterocycles. The Morgan fingerprint density at radius 1 is 0.288 bits per heavy atom. The van der Waals surface area contributed by atoms with E-state index < -0.39 is 10.8 Å². The fourth-order valence-electron chi connectivity index (χ4n) is 14.1. The molecule has 0 saturated carbocycles. The van der Waals surface area contributed by atoms with Crippen LogP contribution in [0.15, 0.2) is 255 Å². The highest BCUT2D eigenvalue weighted by atomic mass is 14.9. The van der Waals surface area contributed by atoms with Gasteiger partial charge in [-0.3, -0.25) is 0 Å². The van der Waals surface area contributed by atoms with Crippen LogP contribution in [0, 0.1) is 0 Å². The van der Waals surface area contributed by atoms with Crippen molar-refractivity contribution in [3.05, 3.63) is 310 Å². The molecule has 1 heterocycles. The molecule has 0 amide bonds. The monoisotopic (exact) mass is 924 g/mol. The molecule has 1 aromatic heterocycles. The van der Waals surface area contributed by atoms with Crippen LogP contribution in [0.25, 0.3) is 89.2 Å². The fraction of sp³-hybridized carbons (Fsp3) is 0.0423. The number of fused-ring (bicyclic) bond motifs is 21. The average Bonchev–Trinajstić information content (AvgIpc) is 4.25. The lowest BCUT2D eigenvalue weighted by Gasteiger charge is -2.49. The third-order valence-electron chi connectivity index (χ3n) is 16.8. The molecule has 2 spiro atoms. The zero-order chi connectivity index (χ0) is 47.8. The SMILES string of the molecule is c1ccc(-c2cc(-c3ccccc3-c3cccc4c3-c3ccc5c(c3C43c4ccccc4C4(c6ccccc6-c6ccccc64)c4ccccc43)-c3ccccc3C5)nc(-c3cccc4ccccc34)n2)cc1. The van der Waals surface area contributed by atoms with E-state index >= 15 is 0 Å². The first-order valence-electron chi connectivity index (χ1n) is 25.5. The van der Waals surface area contributed by atoms with Gasteiger partial charge in [0, 0.05) is 16.7 Å². The Labute approximate surface area is 424 Å². The molecule has 0 bridgehead atoms. The first-order chi connectivity index (χ1) is 36.2. The summed E-state index contributed by atoms with van der Waals surface area (Å²) in [6, 6.07) is 95.1. The van der Waals surface area contributed by atoms with Crippen molar-refractivity contribution in [2.75, 3.05) is 0 Å². The molecule has 4 aliphatic rings. The predicted molar refractivity (Wildman–Crippen MR) is 298 cm³/mol. The van der Waals surface area contributed by atoms with Gasteiger partial charge in [-0.15, -0.1) is 0 Å². The van der Waals surface area contributed by atoms with E-state index in [1.165, 1.54) is 94.6 Å². The van der Waals surface area contributed by atoms with E-state index in [1.807, 2.05) is 0 Å². The second-order valence-electron chi connectivity index (χ2n) is 20.2. The van der Waals surface area contributed by atoms with Crippen molar-refractivity contribution in [1.82, 2.24) is 9.97 Å². The minimum atomic E-state index is -0.666. The molecule has 338 valence electrons. The second kappa shape index (κ2) is 15.1. The molecule has 0 saturated heterocycles. The van der Waals surface area contributed by atoms with Crippen molar-refractivity contribution in [2.24, 2.45) is 0 Å². The lowest BCUT2D eigenvalue weighted by Crippen LogP contribution is -2.44. The van der Waals surface area contributed by atoms with Crippen LogP contribution in [0.4, 0.5) is 0 Å². The van der Waals surface area contributed by atoms with Gasteiger partial charge in [-0.05, 0) is 123 Å². The van der Waals surface area contributed by atoms with Gasteiger partial charge in [0.15, 0.2) is 5.82 Å². The number of nitrogens with zero attached hydrogens (tertiary/aromatic N) is 2. The number of aromatic nitrogens is 2. The van der Waals surface area contributed by atoms with Crippen LogP contribution < -0.4 is 0 Å². The maximum atomic E-state index is 5.56. The molecular weight excluding hydrogens is 881 g/mol. The van der Waals surface area contributed by atoms with Gasteiger partial charge >= 0.3 is 0 Å². The summed E-state index contributed by atoms with van der Waals surface area (Å²) in [6.07, 6.45) is 0.908. The van der Waals surface area contributed by atoms with Crippen molar-refractivity contribution < 1.29 is 0 Å². The van der Waals surface area contributed by atoms with Gasteiger partial charge in [-0.2, -0.15) is 0 Å². The van der Waals surface area contributed by atoms with Crippen LogP contribution in [0.5, 0.6) is 0 Å². The van der Waals surface area contributed by atoms with Crippen LogP contribution in [-0.4, -0.2) is 9.97 Å². The summed E-state index contributed by atoms with van der Waals surface area (Å²) < 4.78 is 0. The lowest BCUT2D eigenvalue weighted by atomic mass is 9.52. The molecule has 2 nitrogen and oxygen atoms in total. The maximum Gasteiger partial charge on any atom is 0.161 e. The van der Waals surface area contributed by atoms with E-state index in [0.29, 0.717) is 5.82 Å². The van der Waals surface area contributed by atoms with Crippen molar-refractivity contribution in [1.29, 1.82) is 0 Å². The van der Waals surface area contributed by atoms with Crippen LogP contribution in [0.1, 0.15) is 55.6 Å². The molecule has 11 aromatic carbocycles. The van der Waals surface area contributed by atoms with E-state index in [2.05, 4.69) is 255 Å². The molecule has 0 radical (unpaired) electrons. The number of benzene rings is 11. The maximum absolute atomic E-state index is 5.56. The zero-order valence-corrected chi connectivity index (χ0v) is 39.9. The molecule has 12 aromatic rings. The van der Waals surface area contributed by atoms with E-state index in [1.54, 1.807) is 0 Å². The first kappa shape index (κ1) is 40.5. The summed E-state index contributed by atoms with van der Waals surface area (Å²) in [7, 11) is 0. The van der Waals surface area contributed by atoms with E-state index in [4.69, 9.17) is 9.97 Å². The van der Waals surface area contributed by atoms with Crippen molar-refractivity contribution >= 4 is 10.8 Å². The van der Waals surface area contributed by atoms with Crippen LogP contribution in [0.2, 0.25) is 0 Å². The zero-order valence-electron chi connectivity index (χ0n) is 39.9. The summed E-state index contributed by atoms with van der Waals surface area (Å²) in [5.41, 5.74) is 27.4. The van der Waals surface area contributed by atoms with Crippen molar-refractivity contribution in [3.63, 3.8) is 0 Å². The number of rotatable bonds is 4. The quantitative estimate of drug-likeness (QED) is 0.176. The van der Waals surface area contributed by atoms with Gasteiger partial charge in [0.2, 0.25) is 0 Å². The summed E-state index contributed by atoms with van der Waals surface area (Å²) >= 11 is 0. The molecule has 0 N–H and O–H groups in total. The Bertz CT molecular complexity index is 4210. The van der Waals surface area contributed by atoms with E-state index in [9.17, 15) is 0 Å². The number of hydrogen-bond donors (Lipinski definition) is 0. The van der Waals surface area contributed by atoms with E-state index in [0.717, 1.165) is 50.8 Å². The van der Waals surface area contributed by atoms with Gasteiger partial charge in [0.05, 0.1) is 22.2 Å². The lowest BCUT2D eigenvalue weighted by molar-refractivity contribution is 0.633. The minimum absolute atomic E-state index is 0.528. The second-order valence-corrected chi connectivity index (χ2v) is 20.2. The van der Waals surface area contributed by atoms with Gasteiger partial charge in [0.1, 0.15) is 0 Å². The highest BCUT2D eigenvalue weighted by Gasteiger charge is 2.60. The molecular formula is C71H44N2. The fourth-order valence-corrected chi connectivity index (χ4v) is 14.1. The Morgan fingerprint density at radius 3 is 1.52 bits per heavy atom. The van der Waals surface area contributed by atoms with Crippen LogP contribution in [0.3, 0.4) is 0 Å². The minimum Gasteiger partial charge on any atom is -0.228 e. The van der Waals surface area contributed by atoms with Gasteiger partial charge in [-0.1, -0.05) is 249 Å². The molecule has 2 heteroatoms. The normalized spacial score (nSPS) is 14.2. The average molecular weight is 925 g/mol. The molecule has 0 fully saturated rings. The third-order valence-corrected chi connectivity index (χ3v) is 16.8. The van der Waals surface area contributed by atoms with Crippen molar-refractivity contribution in [2.45, 2.75) is 17.3 Å². The smallest absolute Gasteiger partial charge is 0.161 e. The molecule has 73 heavy (non-hydrogen) atoms. The number of hydrogen-bond acceptors (Lipinski definition) is 2. The Balaban J connectivity index is 1.01. The van der Waals surface area contributed by atoms with E-state index in [-0.39, 0.29) is 0 Å². The molecule has 16 rings (SSSR count). The topological polar surface area (TPSA) is 25.8 Å². The van der Waals surface area contributed by atoms with Gasteiger partial charge < -0.3 is 0 Å². The summed E-state index contributed by atoms with van der Waals surface area (Å²) in [5, 5.41) is 2.29. The summed E-state index contributed by atoms with van der Waals surface area (Å²) in [6.45, 7) is 0. The Morgan fingerprint density at radius 2 is 0.795 bits per heavy atom. The molecule has 0 unspecified atom stereocenters. The van der Waals surface area contributed by atoms with Crippen LogP contribution >= 0.6 is 0 Å². The first-order valence-corrected chi connectivity index (χ1v) is 25.5. The third kappa shape index (κ3) is 5.32. The standard InChI is InChI=1S/C71H44N2/c1-2-21-45(22-3-1)64-43-65(73-69(72-64)55-32-18-24-44-20-4-6-25-48(44)55)53-30-9-8-27-50(53)54-31-19-39-63-67(54)56-41-40-47-42-46-23-5-7-26-49(46)66(47)68(56)71(63)61-37-16-14-35-59(61)70(60-36-15-17-38-62(60)71)57-33-12-10-28-51(57)52-29-11-13-34-58(52)70/h1-41,43H,42H2. The largest absolute Gasteiger partial charge is 0.228 e. The Kier molecular flexibility index (Phi) is 8.39. The molecule has 0 atom stereocenters. The predicted octanol–water partition coefficient (Wildman–Crippen LogP) is 16.9. The molecule has 4 aliphatic carbocycles. The Hall–Kier alpha value is -9.24.